The molecule has 0 amide bonds. The van der Waals surface area contributed by atoms with Crippen LogP contribution in [0, 0.1) is 0 Å². The van der Waals surface area contributed by atoms with Crippen LogP contribution in [0.15, 0.2) is 87.5 Å². The number of nitrogens with zero attached hydrogens (tertiary/aromatic N) is 2. The summed E-state index contributed by atoms with van der Waals surface area (Å²) in [6.07, 6.45) is 1.56. The normalized spacial score (nSPS) is 11.5. The molecule has 8 heteroatoms. The second-order valence-corrected chi connectivity index (χ2v) is 8.33. The molecule has 3 rings (SSSR count). The number of esters is 1. The zero-order chi connectivity index (χ0) is 22.8. The maximum atomic E-state index is 12.5. The number of thioether (sulfide) groups is 1. The lowest BCUT2D eigenvalue weighted by Crippen LogP contribution is -2.10. The van der Waals surface area contributed by atoms with Crippen LogP contribution >= 0.6 is 27.7 Å². The first-order valence-electron chi connectivity index (χ1n) is 9.83. The lowest BCUT2D eigenvalue weighted by Gasteiger charge is -2.13. The lowest BCUT2D eigenvalue weighted by molar-refractivity contribution is 0.0727. The van der Waals surface area contributed by atoms with Gasteiger partial charge in [0, 0.05) is 5.75 Å². The van der Waals surface area contributed by atoms with Crippen LogP contribution in [0.3, 0.4) is 0 Å². The van der Waals surface area contributed by atoms with Crippen LogP contribution in [0.5, 0.6) is 11.5 Å². The first-order chi connectivity index (χ1) is 15.6. The van der Waals surface area contributed by atoms with Crippen molar-refractivity contribution in [3.8, 4) is 11.5 Å². The van der Waals surface area contributed by atoms with Crippen molar-refractivity contribution in [3.05, 3.63) is 94.0 Å². The molecule has 0 aliphatic rings. The molecule has 0 saturated carbocycles. The molecule has 2 N–H and O–H groups in total. The molecule has 164 valence electrons. The van der Waals surface area contributed by atoms with Crippen LogP contribution in [-0.4, -0.2) is 24.0 Å². The average Bonchev–Trinajstić information content (AvgIpc) is 2.81. The molecule has 0 saturated heterocycles. The minimum absolute atomic E-state index is 0.305. The molecule has 0 bridgehead atoms. The van der Waals surface area contributed by atoms with Crippen molar-refractivity contribution in [3.63, 3.8) is 0 Å². The summed E-state index contributed by atoms with van der Waals surface area (Å²) in [6, 6.07) is 22.3. The lowest BCUT2D eigenvalue weighted by atomic mass is 10.2. The Morgan fingerprint density at radius 2 is 1.78 bits per heavy atom. The van der Waals surface area contributed by atoms with Crippen LogP contribution in [0.2, 0.25) is 0 Å². The summed E-state index contributed by atoms with van der Waals surface area (Å²) in [5.41, 5.74) is 8.25. The van der Waals surface area contributed by atoms with Gasteiger partial charge in [0.2, 0.25) is 0 Å². The molecule has 0 heterocycles. The molecule has 0 atom stereocenters. The van der Waals surface area contributed by atoms with Gasteiger partial charge >= 0.3 is 5.97 Å². The van der Waals surface area contributed by atoms with Crippen LogP contribution in [0.1, 0.15) is 28.4 Å². The third kappa shape index (κ3) is 6.96. The topological polar surface area (TPSA) is 86.3 Å². The van der Waals surface area contributed by atoms with Gasteiger partial charge < -0.3 is 15.2 Å². The van der Waals surface area contributed by atoms with Gasteiger partial charge in [-0.25, -0.2) is 4.79 Å². The molecular formula is C24H22BrN3O3S. The molecule has 3 aromatic carbocycles. The van der Waals surface area contributed by atoms with E-state index in [0.717, 1.165) is 5.56 Å². The highest BCUT2D eigenvalue weighted by molar-refractivity contribution is 9.10. The Kier molecular flexibility index (Phi) is 8.89. The van der Waals surface area contributed by atoms with Crippen molar-refractivity contribution in [2.24, 2.45) is 15.9 Å². The van der Waals surface area contributed by atoms with E-state index in [0.29, 0.717) is 44.6 Å². The summed E-state index contributed by atoms with van der Waals surface area (Å²) in [7, 11) is 0. The zero-order valence-corrected chi connectivity index (χ0v) is 19.8. The van der Waals surface area contributed by atoms with Crippen molar-refractivity contribution in [1.29, 1.82) is 0 Å². The Bertz CT molecular complexity index is 1110. The van der Waals surface area contributed by atoms with E-state index in [2.05, 4.69) is 26.1 Å². The largest absolute Gasteiger partial charge is 0.490 e. The first kappa shape index (κ1) is 23.6. The van der Waals surface area contributed by atoms with Gasteiger partial charge in [-0.3, -0.25) is 0 Å². The molecule has 0 spiro atoms. The third-order valence-electron chi connectivity index (χ3n) is 4.13. The van der Waals surface area contributed by atoms with Gasteiger partial charge in [0.1, 0.15) is 0 Å². The summed E-state index contributed by atoms with van der Waals surface area (Å²) >= 11 is 4.87. The fraction of sp³-hybridized carbons (Fsp3) is 0.125. The van der Waals surface area contributed by atoms with E-state index in [1.807, 2.05) is 43.3 Å². The fourth-order valence-electron chi connectivity index (χ4n) is 2.66. The molecule has 6 nitrogen and oxygen atoms in total. The molecular weight excluding hydrogens is 490 g/mol. The third-order valence-corrected chi connectivity index (χ3v) is 5.57. The number of carbonyl (C=O) groups excluding carboxylic acids is 1. The smallest absolute Gasteiger partial charge is 0.343 e. The Morgan fingerprint density at radius 3 is 2.47 bits per heavy atom. The van der Waals surface area contributed by atoms with Gasteiger partial charge in [-0.15, -0.1) is 5.10 Å². The predicted molar refractivity (Wildman–Crippen MR) is 134 cm³/mol. The first-order valence-corrected chi connectivity index (χ1v) is 11.6. The second kappa shape index (κ2) is 12.1. The second-order valence-electron chi connectivity index (χ2n) is 6.48. The number of hydrogen-bond donors (Lipinski definition) is 1. The van der Waals surface area contributed by atoms with Gasteiger partial charge in [-0.05, 0) is 58.2 Å². The standard InChI is InChI=1S/C24H22BrN3O3S/c1-2-30-21-14-18(15-27-28-24(26)32-16-17-9-5-3-6-10-17)13-20(25)22(21)31-23(29)19-11-7-4-8-12-19/h3-15H,2,16H2,1H3,(H2,26,28). The van der Waals surface area contributed by atoms with E-state index in [4.69, 9.17) is 15.2 Å². The molecule has 0 aromatic heterocycles. The number of carbonyl (C=O) groups is 1. The summed E-state index contributed by atoms with van der Waals surface area (Å²) in [5, 5.41) is 8.47. The molecule has 3 aromatic rings. The van der Waals surface area contributed by atoms with Crippen LogP contribution in [0.25, 0.3) is 0 Å². The van der Waals surface area contributed by atoms with E-state index in [1.54, 1.807) is 42.6 Å². The molecule has 0 radical (unpaired) electrons. The van der Waals surface area contributed by atoms with E-state index in [9.17, 15) is 4.79 Å². The molecule has 0 aliphatic heterocycles. The average molecular weight is 512 g/mol. The number of benzene rings is 3. The predicted octanol–water partition coefficient (Wildman–Crippen LogP) is 5.65. The van der Waals surface area contributed by atoms with Gasteiger partial charge in [0.05, 0.1) is 22.9 Å². The Morgan fingerprint density at radius 1 is 1.09 bits per heavy atom. The number of halogens is 1. The fourth-order valence-corrected chi connectivity index (χ4v) is 3.82. The van der Waals surface area contributed by atoms with Crippen molar-refractivity contribution < 1.29 is 14.3 Å². The van der Waals surface area contributed by atoms with E-state index in [1.165, 1.54) is 11.8 Å². The molecule has 0 fully saturated rings. The highest BCUT2D eigenvalue weighted by Gasteiger charge is 2.17. The monoisotopic (exact) mass is 511 g/mol. The Labute approximate surface area is 199 Å². The van der Waals surface area contributed by atoms with Crippen LogP contribution < -0.4 is 15.2 Å². The zero-order valence-electron chi connectivity index (χ0n) is 17.4. The number of ether oxygens (including phenoxy) is 2. The van der Waals surface area contributed by atoms with Gasteiger partial charge in [-0.2, -0.15) is 5.10 Å². The number of rotatable bonds is 8. The SMILES string of the molecule is CCOc1cc(C=NN=C(N)SCc2ccccc2)cc(Br)c1OC(=O)c1ccccc1. The highest BCUT2D eigenvalue weighted by atomic mass is 79.9. The van der Waals surface area contributed by atoms with Crippen molar-refractivity contribution in [2.75, 3.05) is 6.61 Å². The van der Waals surface area contributed by atoms with Crippen LogP contribution in [0.4, 0.5) is 0 Å². The number of nitrogens with two attached hydrogens (primary N) is 1. The van der Waals surface area contributed by atoms with Gasteiger partial charge in [0.25, 0.3) is 0 Å². The maximum Gasteiger partial charge on any atom is 0.343 e. The highest BCUT2D eigenvalue weighted by Crippen LogP contribution is 2.37. The minimum atomic E-state index is -0.471. The van der Waals surface area contributed by atoms with Crippen LogP contribution in [-0.2, 0) is 5.75 Å². The van der Waals surface area contributed by atoms with Gasteiger partial charge in [0.15, 0.2) is 16.7 Å². The summed E-state index contributed by atoms with van der Waals surface area (Å²) in [4.78, 5) is 12.5. The van der Waals surface area contributed by atoms with E-state index >= 15 is 0 Å². The Hall–Kier alpha value is -3.10. The summed E-state index contributed by atoms with van der Waals surface area (Å²) in [6.45, 7) is 2.26. The molecule has 0 unspecified atom stereocenters. The summed E-state index contributed by atoms with van der Waals surface area (Å²) in [5.74, 6) is 0.969. The maximum absolute atomic E-state index is 12.5. The van der Waals surface area contributed by atoms with Gasteiger partial charge in [-0.1, -0.05) is 60.3 Å². The summed E-state index contributed by atoms with van der Waals surface area (Å²) < 4.78 is 11.8. The van der Waals surface area contributed by atoms with Crippen molar-refractivity contribution in [2.45, 2.75) is 12.7 Å². The quantitative estimate of drug-likeness (QED) is 0.139. The molecule has 32 heavy (non-hydrogen) atoms. The Balaban J connectivity index is 1.71. The van der Waals surface area contributed by atoms with E-state index < -0.39 is 5.97 Å². The van der Waals surface area contributed by atoms with Crippen molar-refractivity contribution >= 4 is 45.0 Å². The van der Waals surface area contributed by atoms with E-state index in [-0.39, 0.29) is 0 Å². The van der Waals surface area contributed by atoms with Crippen molar-refractivity contribution in [1.82, 2.24) is 0 Å². The number of amidine groups is 1. The number of hydrogen-bond acceptors (Lipinski definition) is 6. The molecule has 0 aliphatic carbocycles. The minimum Gasteiger partial charge on any atom is -0.490 e.